The minimum Gasteiger partial charge on any atom is -0.370 e. The molecule has 1 aliphatic rings. The Morgan fingerprint density at radius 3 is 2.63 bits per heavy atom. The first-order chi connectivity index (χ1) is 12.6. The van der Waals surface area contributed by atoms with Gasteiger partial charge in [0, 0.05) is 25.7 Å². The van der Waals surface area contributed by atoms with Crippen molar-refractivity contribution in [1.29, 1.82) is 0 Å². The van der Waals surface area contributed by atoms with Gasteiger partial charge in [-0.3, -0.25) is 14.4 Å². The van der Waals surface area contributed by atoms with E-state index in [2.05, 4.69) is 10.6 Å². The van der Waals surface area contributed by atoms with Crippen LogP contribution in [-0.2, 0) is 25.3 Å². The van der Waals surface area contributed by atoms with Gasteiger partial charge in [0.2, 0.25) is 11.8 Å². The zero-order chi connectivity index (χ0) is 20.2. The van der Waals surface area contributed by atoms with E-state index in [9.17, 15) is 27.6 Å². The number of rotatable bonds is 5. The highest BCUT2D eigenvalue weighted by molar-refractivity contribution is 5.99. The number of alkyl halides is 3. The van der Waals surface area contributed by atoms with E-state index in [1.54, 1.807) is 0 Å². The van der Waals surface area contributed by atoms with Crippen LogP contribution >= 0.6 is 0 Å². The number of halogens is 3. The number of carbonyl (C=O) groups excluding carboxylic acids is 3. The number of amides is 3. The summed E-state index contributed by atoms with van der Waals surface area (Å²) in [7, 11) is 0. The smallest absolute Gasteiger partial charge is 0.370 e. The molecular weight excluding hydrogens is 369 g/mol. The lowest BCUT2D eigenvalue weighted by atomic mass is 10.1. The zero-order valence-electron chi connectivity index (χ0n) is 14.4. The molecule has 148 valence electrons. The topological polar surface area (TPSA) is 114 Å². The second-order valence-electron chi connectivity index (χ2n) is 5.80. The third-order valence-electron chi connectivity index (χ3n) is 3.79. The number of ether oxygens (including phenoxy) is 1. The van der Waals surface area contributed by atoms with Crippen LogP contribution in [0.25, 0.3) is 0 Å². The molecular formula is C16H19F3N4O4. The molecule has 2 rings (SSSR count). The van der Waals surface area contributed by atoms with Gasteiger partial charge in [0.1, 0.15) is 12.6 Å². The molecule has 1 heterocycles. The quantitative estimate of drug-likeness (QED) is 0.679. The van der Waals surface area contributed by atoms with Gasteiger partial charge in [0.25, 0.3) is 5.91 Å². The summed E-state index contributed by atoms with van der Waals surface area (Å²) in [6.45, 7) is 0.993. The van der Waals surface area contributed by atoms with E-state index in [-0.39, 0.29) is 32.0 Å². The minimum atomic E-state index is -4.78. The Balaban J connectivity index is 2.32. The van der Waals surface area contributed by atoms with Gasteiger partial charge < -0.3 is 26.0 Å². The first-order valence-electron chi connectivity index (χ1n) is 8.01. The Labute approximate surface area is 152 Å². The molecule has 0 unspecified atom stereocenters. The predicted octanol–water partition coefficient (Wildman–Crippen LogP) is 0.470. The maximum atomic E-state index is 13.5. The van der Waals surface area contributed by atoms with E-state index < -0.39 is 41.2 Å². The largest absolute Gasteiger partial charge is 0.418 e. The van der Waals surface area contributed by atoms with Crippen molar-refractivity contribution in [1.82, 2.24) is 5.32 Å². The lowest BCUT2D eigenvalue weighted by Gasteiger charge is -2.28. The van der Waals surface area contributed by atoms with Gasteiger partial charge in [-0.1, -0.05) is 0 Å². The Bertz CT molecular complexity index is 739. The molecule has 27 heavy (non-hydrogen) atoms. The number of morpholine rings is 1. The van der Waals surface area contributed by atoms with E-state index in [0.717, 1.165) is 19.1 Å². The maximum absolute atomic E-state index is 13.5. The number of hydrogen-bond acceptors (Lipinski definition) is 5. The fourth-order valence-electron chi connectivity index (χ4n) is 2.53. The third-order valence-corrected chi connectivity index (χ3v) is 3.79. The predicted molar refractivity (Wildman–Crippen MR) is 89.9 cm³/mol. The van der Waals surface area contributed by atoms with Crippen LogP contribution in [0.1, 0.15) is 12.5 Å². The summed E-state index contributed by atoms with van der Waals surface area (Å²) in [5.74, 6) is -1.88. The van der Waals surface area contributed by atoms with Gasteiger partial charge in [-0.2, -0.15) is 13.2 Å². The van der Waals surface area contributed by atoms with Crippen LogP contribution < -0.4 is 21.3 Å². The molecule has 0 bridgehead atoms. The van der Waals surface area contributed by atoms with Crippen molar-refractivity contribution >= 4 is 29.1 Å². The molecule has 11 heteroatoms. The Hall–Kier alpha value is -2.66. The molecule has 0 aromatic heterocycles. The highest BCUT2D eigenvalue weighted by Crippen LogP contribution is 2.37. The molecule has 0 aliphatic carbocycles. The van der Waals surface area contributed by atoms with Gasteiger partial charge in [0.15, 0.2) is 0 Å². The molecule has 8 nitrogen and oxygen atoms in total. The Morgan fingerprint density at radius 2 is 2.07 bits per heavy atom. The van der Waals surface area contributed by atoms with E-state index in [1.807, 2.05) is 0 Å². The second kappa shape index (κ2) is 8.35. The summed E-state index contributed by atoms with van der Waals surface area (Å²) in [6, 6.07) is 1.96. The van der Waals surface area contributed by atoms with Crippen LogP contribution in [-0.4, -0.2) is 50.1 Å². The Kier molecular flexibility index (Phi) is 6.39. The first-order valence-corrected chi connectivity index (χ1v) is 8.01. The SMILES string of the molecule is CC(=O)N[C@H](CN)C(=O)Nc1ccc(N2CCOCC2=O)cc1C(F)(F)F. The normalized spacial score (nSPS) is 16.0. The van der Waals surface area contributed by atoms with Crippen LogP contribution in [0.2, 0.25) is 0 Å². The average Bonchev–Trinajstić information content (AvgIpc) is 2.59. The van der Waals surface area contributed by atoms with Crippen LogP contribution in [0.5, 0.6) is 0 Å². The molecule has 1 aromatic carbocycles. The second-order valence-corrected chi connectivity index (χ2v) is 5.80. The molecule has 4 N–H and O–H groups in total. The van der Waals surface area contributed by atoms with Crippen LogP contribution in [0, 0.1) is 0 Å². The van der Waals surface area contributed by atoms with Crippen molar-refractivity contribution < 1.29 is 32.3 Å². The minimum absolute atomic E-state index is 0.0471. The Morgan fingerprint density at radius 1 is 1.37 bits per heavy atom. The van der Waals surface area contributed by atoms with Gasteiger partial charge >= 0.3 is 6.18 Å². The van der Waals surface area contributed by atoms with Gasteiger partial charge in [0.05, 0.1) is 17.9 Å². The number of nitrogens with two attached hydrogens (primary N) is 1. The van der Waals surface area contributed by atoms with Crippen molar-refractivity contribution in [2.45, 2.75) is 19.1 Å². The lowest BCUT2D eigenvalue weighted by molar-refractivity contribution is -0.137. The highest BCUT2D eigenvalue weighted by Gasteiger charge is 2.36. The summed E-state index contributed by atoms with van der Waals surface area (Å²) in [5.41, 5.74) is 3.81. The fourth-order valence-corrected chi connectivity index (χ4v) is 2.53. The summed E-state index contributed by atoms with van der Waals surface area (Å²) >= 11 is 0. The molecule has 1 fully saturated rings. The van der Waals surface area contributed by atoms with Crippen LogP contribution in [0.15, 0.2) is 18.2 Å². The lowest BCUT2D eigenvalue weighted by Crippen LogP contribution is -2.47. The molecule has 0 spiro atoms. The monoisotopic (exact) mass is 388 g/mol. The number of nitrogens with zero attached hydrogens (tertiary/aromatic N) is 1. The van der Waals surface area contributed by atoms with E-state index >= 15 is 0 Å². The van der Waals surface area contributed by atoms with E-state index in [1.165, 1.54) is 11.0 Å². The summed E-state index contributed by atoms with van der Waals surface area (Å²) < 4.78 is 45.3. The van der Waals surface area contributed by atoms with Crippen molar-refractivity contribution in [3.8, 4) is 0 Å². The van der Waals surface area contributed by atoms with Gasteiger partial charge in [-0.05, 0) is 18.2 Å². The van der Waals surface area contributed by atoms with Crippen LogP contribution in [0.4, 0.5) is 24.5 Å². The van der Waals surface area contributed by atoms with Crippen LogP contribution in [0.3, 0.4) is 0 Å². The van der Waals surface area contributed by atoms with Crippen molar-refractivity contribution in [2.24, 2.45) is 5.73 Å². The maximum Gasteiger partial charge on any atom is 0.418 e. The number of benzene rings is 1. The van der Waals surface area contributed by atoms with E-state index in [4.69, 9.17) is 10.5 Å². The third kappa shape index (κ3) is 5.17. The number of carbonyl (C=O) groups is 3. The number of anilines is 2. The van der Waals surface area contributed by atoms with E-state index in [0.29, 0.717) is 0 Å². The molecule has 1 aliphatic heterocycles. The molecule has 0 radical (unpaired) electrons. The summed E-state index contributed by atoms with van der Waals surface area (Å²) in [4.78, 5) is 36.2. The summed E-state index contributed by atoms with van der Waals surface area (Å²) in [5, 5.41) is 4.39. The highest BCUT2D eigenvalue weighted by atomic mass is 19.4. The van der Waals surface area contributed by atoms with Crippen molar-refractivity contribution in [3.05, 3.63) is 23.8 Å². The number of nitrogens with one attached hydrogen (secondary N) is 2. The zero-order valence-corrected chi connectivity index (χ0v) is 14.4. The molecule has 3 amide bonds. The fraction of sp³-hybridized carbons (Fsp3) is 0.438. The molecule has 0 saturated carbocycles. The number of hydrogen-bond donors (Lipinski definition) is 3. The van der Waals surface area contributed by atoms with Gasteiger partial charge in [-0.25, -0.2) is 0 Å². The van der Waals surface area contributed by atoms with Crippen molar-refractivity contribution in [3.63, 3.8) is 0 Å². The molecule has 1 aromatic rings. The molecule has 1 atom stereocenters. The summed E-state index contributed by atoms with van der Waals surface area (Å²) in [6.07, 6.45) is -4.78. The average molecular weight is 388 g/mol. The standard InChI is InChI=1S/C16H19F3N4O4/c1-9(24)21-13(7-20)15(26)22-12-3-2-10(6-11(12)16(17,18)19)23-4-5-27-8-14(23)25/h2-3,6,13H,4-5,7-8,20H2,1H3,(H,21,24)(H,22,26)/t13-/m1/s1. The molecule has 1 saturated heterocycles. The van der Waals surface area contributed by atoms with Gasteiger partial charge in [-0.15, -0.1) is 0 Å². The van der Waals surface area contributed by atoms with Crippen molar-refractivity contribution in [2.75, 3.05) is 36.5 Å². The first kappa shape index (κ1) is 20.6.